The Hall–Kier alpha value is -1.01. The van der Waals surface area contributed by atoms with Crippen LogP contribution < -0.4 is 5.73 Å². The van der Waals surface area contributed by atoms with E-state index in [0.29, 0.717) is 16.9 Å². The van der Waals surface area contributed by atoms with Crippen molar-refractivity contribution in [2.45, 2.75) is 36.0 Å². The second-order valence-corrected chi connectivity index (χ2v) is 8.96. The molecule has 1 aliphatic heterocycles. The predicted molar refractivity (Wildman–Crippen MR) is 110 cm³/mol. The molecule has 2 aromatic rings. The van der Waals surface area contributed by atoms with Gasteiger partial charge in [-0.2, -0.15) is 0 Å². The molecule has 1 aromatic carbocycles. The topological polar surface area (TPSA) is 59.2 Å². The molecule has 1 aromatic heterocycles. The zero-order valence-electron chi connectivity index (χ0n) is 14.6. The van der Waals surface area contributed by atoms with Gasteiger partial charge in [-0.15, -0.1) is 24.2 Å². The van der Waals surface area contributed by atoms with Gasteiger partial charge in [-0.1, -0.05) is 17.7 Å². The summed E-state index contributed by atoms with van der Waals surface area (Å²) in [6, 6.07) is 7.93. The second-order valence-electron chi connectivity index (χ2n) is 7.14. The fraction of sp³-hybridized carbons (Fsp3) is 0.474. The van der Waals surface area contributed by atoms with Crippen LogP contribution >= 0.6 is 35.8 Å². The maximum Gasteiger partial charge on any atom is 0.235 e. The van der Waals surface area contributed by atoms with Crippen molar-refractivity contribution in [2.24, 2.45) is 17.6 Å². The van der Waals surface area contributed by atoms with Crippen LogP contribution in [0.4, 0.5) is 0 Å². The molecule has 140 valence electrons. The van der Waals surface area contributed by atoms with Crippen LogP contribution in [0.25, 0.3) is 10.9 Å². The number of halogens is 2. The minimum absolute atomic E-state index is 0. The summed E-state index contributed by atoms with van der Waals surface area (Å²) in [7, 11) is 0. The van der Waals surface area contributed by atoms with Crippen LogP contribution in [0.15, 0.2) is 35.4 Å². The van der Waals surface area contributed by atoms with Gasteiger partial charge in [0.2, 0.25) is 5.91 Å². The number of hydrogen-bond acceptors (Lipinski definition) is 4. The molecule has 2 fully saturated rings. The van der Waals surface area contributed by atoms with Crippen LogP contribution in [0.2, 0.25) is 5.02 Å². The Kier molecular flexibility index (Phi) is 6.02. The number of thioether (sulfide) groups is 1. The lowest BCUT2D eigenvalue weighted by Crippen LogP contribution is -2.37. The maximum atomic E-state index is 12.9. The van der Waals surface area contributed by atoms with E-state index in [1.54, 1.807) is 18.0 Å². The third-order valence-electron chi connectivity index (χ3n) is 5.54. The van der Waals surface area contributed by atoms with E-state index in [1.165, 1.54) is 0 Å². The molecule has 0 bridgehead atoms. The van der Waals surface area contributed by atoms with Gasteiger partial charge in [0.1, 0.15) is 0 Å². The third-order valence-corrected chi connectivity index (χ3v) is 6.94. The summed E-state index contributed by atoms with van der Waals surface area (Å²) >= 11 is 7.65. The molecule has 1 amide bonds. The van der Waals surface area contributed by atoms with Crippen LogP contribution in [-0.2, 0) is 4.79 Å². The number of likely N-dealkylation sites (tertiary alicyclic amines) is 1. The van der Waals surface area contributed by atoms with Crippen LogP contribution in [0.3, 0.4) is 0 Å². The van der Waals surface area contributed by atoms with Crippen molar-refractivity contribution in [1.29, 1.82) is 0 Å². The van der Waals surface area contributed by atoms with Gasteiger partial charge in [0.05, 0.1) is 10.8 Å². The zero-order chi connectivity index (χ0) is 17.6. The molecular weight excluding hydrogens is 389 g/mol. The molecule has 4 nitrogen and oxygen atoms in total. The van der Waals surface area contributed by atoms with Crippen LogP contribution in [0, 0.1) is 11.8 Å². The highest BCUT2D eigenvalue weighted by Gasteiger charge is 2.43. The largest absolute Gasteiger partial charge is 0.341 e. The zero-order valence-corrected chi connectivity index (χ0v) is 17.0. The molecule has 1 saturated carbocycles. The molecule has 2 aliphatic rings. The number of nitrogens with zero attached hydrogens (tertiary/aromatic N) is 2. The van der Waals surface area contributed by atoms with Gasteiger partial charge < -0.3 is 10.6 Å². The van der Waals surface area contributed by atoms with E-state index in [1.807, 2.05) is 36.1 Å². The molecule has 0 spiro atoms. The van der Waals surface area contributed by atoms with Gasteiger partial charge in [-0.3, -0.25) is 9.78 Å². The molecule has 4 unspecified atom stereocenters. The summed E-state index contributed by atoms with van der Waals surface area (Å²) in [4.78, 5) is 20.4. The van der Waals surface area contributed by atoms with E-state index in [0.717, 1.165) is 41.7 Å². The number of carbonyl (C=O) groups excluding carboxylic acids is 1. The quantitative estimate of drug-likeness (QED) is 0.775. The van der Waals surface area contributed by atoms with E-state index in [-0.39, 0.29) is 29.6 Å². The first-order valence-electron chi connectivity index (χ1n) is 8.78. The lowest BCUT2D eigenvalue weighted by atomic mass is 9.98. The molecule has 7 heteroatoms. The summed E-state index contributed by atoms with van der Waals surface area (Å²) in [5.41, 5.74) is 7.06. The smallest absolute Gasteiger partial charge is 0.235 e. The van der Waals surface area contributed by atoms with E-state index in [4.69, 9.17) is 17.3 Å². The maximum absolute atomic E-state index is 12.9. The summed E-state index contributed by atoms with van der Waals surface area (Å²) < 4.78 is 0. The van der Waals surface area contributed by atoms with Crippen LogP contribution in [0.5, 0.6) is 0 Å². The van der Waals surface area contributed by atoms with Gasteiger partial charge in [-0.05, 0) is 49.8 Å². The van der Waals surface area contributed by atoms with E-state index >= 15 is 0 Å². The number of carbonyl (C=O) groups is 1. The van der Waals surface area contributed by atoms with E-state index in [9.17, 15) is 4.79 Å². The minimum Gasteiger partial charge on any atom is -0.341 e. The summed E-state index contributed by atoms with van der Waals surface area (Å²) in [5.74, 6) is 1.30. The van der Waals surface area contributed by atoms with Crippen molar-refractivity contribution >= 4 is 52.6 Å². The van der Waals surface area contributed by atoms with Gasteiger partial charge in [0.25, 0.3) is 0 Å². The highest BCUT2D eigenvalue weighted by molar-refractivity contribution is 8.00. The number of fused-ring (bicyclic) bond motifs is 2. The highest BCUT2D eigenvalue weighted by atomic mass is 35.5. The van der Waals surface area contributed by atoms with Crippen molar-refractivity contribution in [2.75, 3.05) is 13.1 Å². The van der Waals surface area contributed by atoms with Crippen molar-refractivity contribution in [1.82, 2.24) is 9.88 Å². The first-order chi connectivity index (χ1) is 12.0. The minimum atomic E-state index is -0.128. The molecule has 2 N–H and O–H groups in total. The highest BCUT2D eigenvalue weighted by Crippen LogP contribution is 2.38. The molecule has 1 aliphatic carbocycles. The van der Waals surface area contributed by atoms with Crippen LogP contribution in [-0.4, -0.2) is 40.2 Å². The summed E-state index contributed by atoms with van der Waals surface area (Å²) in [6.07, 6.45) is 4.04. The number of aromatic nitrogens is 1. The van der Waals surface area contributed by atoms with Crippen molar-refractivity contribution in [3.63, 3.8) is 0 Å². The first kappa shape index (κ1) is 19.7. The van der Waals surface area contributed by atoms with Crippen molar-refractivity contribution < 1.29 is 4.79 Å². The fourth-order valence-corrected chi connectivity index (χ4v) is 5.42. The molecular formula is C19H23Cl2N3OS. The number of pyridine rings is 1. The van der Waals surface area contributed by atoms with Crippen molar-refractivity contribution in [3.05, 3.63) is 35.5 Å². The van der Waals surface area contributed by atoms with Gasteiger partial charge >= 0.3 is 0 Å². The lowest BCUT2D eigenvalue weighted by molar-refractivity contribution is -0.129. The second kappa shape index (κ2) is 7.93. The lowest BCUT2D eigenvalue weighted by Gasteiger charge is -2.22. The Morgan fingerprint density at radius 1 is 1.35 bits per heavy atom. The average Bonchev–Trinajstić information content (AvgIpc) is 3.16. The van der Waals surface area contributed by atoms with Gasteiger partial charge in [0.15, 0.2) is 0 Å². The monoisotopic (exact) mass is 411 g/mol. The van der Waals surface area contributed by atoms with Crippen molar-refractivity contribution in [3.8, 4) is 0 Å². The standard InChI is InChI=1S/C19H22ClN3OS.ClH/c1-11(19(24)23-9-12-2-5-16(21)15(12)10-23)25-18-6-7-22-17-8-13(20)3-4-14(17)18;/h3-4,6-8,11-12,15-16H,2,5,9-10,21H2,1H3;1H. The fourth-order valence-electron chi connectivity index (χ4n) is 4.18. The summed E-state index contributed by atoms with van der Waals surface area (Å²) in [5, 5.41) is 1.58. The Bertz CT molecular complexity index is 818. The number of rotatable bonds is 3. The Balaban J connectivity index is 0.00000196. The van der Waals surface area contributed by atoms with E-state index < -0.39 is 0 Å². The summed E-state index contributed by atoms with van der Waals surface area (Å²) in [6.45, 7) is 3.68. The average molecular weight is 412 g/mol. The molecule has 4 atom stereocenters. The molecule has 26 heavy (non-hydrogen) atoms. The molecule has 1 saturated heterocycles. The van der Waals surface area contributed by atoms with Gasteiger partial charge in [0, 0.05) is 40.6 Å². The van der Waals surface area contributed by atoms with Crippen LogP contribution in [0.1, 0.15) is 19.8 Å². The molecule has 2 heterocycles. The Morgan fingerprint density at radius 3 is 2.92 bits per heavy atom. The SMILES string of the molecule is CC(Sc1ccnc2cc(Cl)ccc12)C(=O)N1CC2CCC(N)C2C1.Cl. The molecule has 0 radical (unpaired) electrons. The first-order valence-corrected chi connectivity index (χ1v) is 10.0. The van der Waals surface area contributed by atoms with E-state index in [2.05, 4.69) is 4.98 Å². The Labute approximate surface area is 169 Å². The third kappa shape index (κ3) is 3.68. The molecule has 4 rings (SSSR count). The number of benzene rings is 1. The number of amides is 1. The number of hydrogen-bond donors (Lipinski definition) is 1. The van der Waals surface area contributed by atoms with Gasteiger partial charge in [-0.25, -0.2) is 0 Å². The predicted octanol–water partition coefficient (Wildman–Crippen LogP) is 3.99. The number of nitrogens with two attached hydrogens (primary N) is 1. The normalized spacial score (nSPS) is 25.8. The Morgan fingerprint density at radius 2 is 2.15 bits per heavy atom.